The first-order valence-electron chi connectivity index (χ1n) is 7.72. The molecule has 4 nitrogen and oxygen atoms in total. The fourth-order valence-corrected chi connectivity index (χ4v) is 2.84. The van der Waals surface area contributed by atoms with Gasteiger partial charge in [0.25, 0.3) is 0 Å². The molecule has 0 saturated carbocycles. The van der Waals surface area contributed by atoms with Gasteiger partial charge in [-0.2, -0.15) is 5.26 Å². The summed E-state index contributed by atoms with van der Waals surface area (Å²) in [5.74, 6) is 0.222. The van der Waals surface area contributed by atoms with E-state index < -0.39 is 0 Å². The molecule has 0 aliphatic carbocycles. The zero-order chi connectivity index (χ0) is 15.2. The summed E-state index contributed by atoms with van der Waals surface area (Å²) in [6.45, 7) is 11.5. The van der Waals surface area contributed by atoms with Crippen molar-refractivity contribution in [2.75, 3.05) is 26.2 Å². The molecule has 1 saturated heterocycles. The number of hydrogen-bond acceptors (Lipinski definition) is 3. The Kier molecular flexibility index (Phi) is 6.48. The molecule has 0 aromatic heterocycles. The summed E-state index contributed by atoms with van der Waals surface area (Å²) in [5.41, 5.74) is 0.142. The van der Waals surface area contributed by atoms with E-state index in [2.05, 4.69) is 38.7 Å². The van der Waals surface area contributed by atoms with E-state index in [9.17, 15) is 4.79 Å². The van der Waals surface area contributed by atoms with Crippen molar-refractivity contribution in [2.45, 2.75) is 59.4 Å². The first-order chi connectivity index (χ1) is 9.33. The molecule has 1 amide bonds. The van der Waals surface area contributed by atoms with Crippen LogP contribution in [0.15, 0.2) is 0 Å². The molecule has 1 atom stereocenters. The standard InChI is InChI=1S/C16H29N3O/c1-14-8-5-6-11-19(14)15(20)12-18(10-7-9-17)13-16(2,3)4/h14H,5-8,10-13H2,1-4H3. The van der Waals surface area contributed by atoms with E-state index >= 15 is 0 Å². The summed E-state index contributed by atoms with van der Waals surface area (Å²) in [7, 11) is 0. The maximum atomic E-state index is 12.5. The van der Waals surface area contributed by atoms with E-state index in [0.29, 0.717) is 25.6 Å². The Bertz CT molecular complexity index is 354. The molecule has 1 rings (SSSR count). The molecule has 114 valence electrons. The summed E-state index contributed by atoms with van der Waals surface area (Å²) in [5, 5.41) is 8.77. The van der Waals surface area contributed by atoms with E-state index in [1.165, 1.54) is 6.42 Å². The number of amides is 1. The Balaban J connectivity index is 2.58. The van der Waals surface area contributed by atoms with Crippen molar-refractivity contribution >= 4 is 5.91 Å². The molecule has 1 aliphatic heterocycles. The van der Waals surface area contributed by atoms with E-state index in [-0.39, 0.29) is 11.3 Å². The largest absolute Gasteiger partial charge is 0.339 e. The molecule has 0 spiro atoms. The molecule has 4 heteroatoms. The summed E-state index contributed by atoms with van der Waals surface area (Å²) in [4.78, 5) is 16.6. The smallest absolute Gasteiger partial charge is 0.236 e. The van der Waals surface area contributed by atoms with Crippen LogP contribution in [0.25, 0.3) is 0 Å². The van der Waals surface area contributed by atoms with Gasteiger partial charge in [-0.3, -0.25) is 9.69 Å². The maximum absolute atomic E-state index is 12.5. The Morgan fingerprint density at radius 2 is 2.10 bits per heavy atom. The van der Waals surface area contributed by atoms with Crippen LogP contribution in [0.1, 0.15) is 53.4 Å². The zero-order valence-corrected chi connectivity index (χ0v) is 13.5. The minimum Gasteiger partial charge on any atom is -0.339 e. The average molecular weight is 279 g/mol. The fraction of sp³-hybridized carbons (Fsp3) is 0.875. The van der Waals surface area contributed by atoms with Gasteiger partial charge in [-0.1, -0.05) is 20.8 Å². The second kappa shape index (κ2) is 7.64. The van der Waals surface area contributed by atoms with Crippen molar-refractivity contribution in [3.63, 3.8) is 0 Å². The highest BCUT2D eigenvalue weighted by Crippen LogP contribution is 2.18. The number of rotatable bonds is 5. The van der Waals surface area contributed by atoms with E-state index in [4.69, 9.17) is 5.26 Å². The van der Waals surface area contributed by atoms with Gasteiger partial charge in [0.05, 0.1) is 12.6 Å². The van der Waals surface area contributed by atoms with Gasteiger partial charge >= 0.3 is 0 Å². The molecule has 0 aromatic carbocycles. The van der Waals surface area contributed by atoms with E-state index in [1.54, 1.807) is 0 Å². The molecule has 1 unspecified atom stereocenters. The molecular formula is C16H29N3O. The van der Waals surface area contributed by atoms with Crippen molar-refractivity contribution in [3.05, 3.63) is 0 Å². The molecule has 0 aromatic rings. The van der Waals surface area contributed by atoms with Crippen LogP contribution in [-0.2, 0) is 4.79 Å². The normalized spacial score (nSPS) is 20.0. The number of likely N-dealkylation sites (tertiary alicyclic amines) is 1. The second-order valence-corrected chi connectivity index (χ2v) is 7.11. The average Bonchev–Trinajstić information content (AvgIpc) is 2.34. The van der Waals surface area contributed by atoms with Gasteiger partial charge < -0.3 is 4.90 Å². The summed E-state index contributed by atoms with van der Waals surface area (Å²) in [6, 6.07) is 2.54. The van der Waals surface area contributed by atoms with Gasteiger partial charge in [0.15, 0.2) is 0 Å². The van der Waals surface area contributed by atoms with Crippen LogP contribution < -0.4 is 0 Å². The minimum atomic E-state index is 0.142. The predicted octanol–water partition coefficient (Wildman–Crippen LogP) is 2.65. The Morgan fingerprint density at radius 1 is 1.40 bits per heavy atom. The van der Waals surface area contributed by atoms with Crippen LogP contribution in [0.2, 0.25) is 0 Å². The predicted molar refractivity (Wildman–Crippen MR) is 81.2 cm³/mol. The quantitative estimate of drug-likeness (QED) is 0.777. The van der Waals surface area contributed by atoms with Gasteiger partial charge in [0, 0.05) is 32.1 Å². The van der Waals surface area contributed by atoms with Crippen LogP contribution in [0.5, 0.6) is 0 Å². The molecule has 1 heterocycles. The van der Waals surface area contributed by atoms with Gasteiger partial charge in [0.1, 0.15) is 0 Å². The number of nitriles is 1. The molecule has 0 N–H and O–H groups in total. The lowest BCUT2D eigenvalue weighted by molar-refractivity contribution is -0.135. The van der Waals surface area contributed by atoms with Crippen LogP contribution in [-0.4, -0.2) is 47.9 Å². The van der Waals surface area contributed by atoms with Crippen molar-refractivity contribution in [1.29, 1.82) is 5.26 Å². The van der Waals surface area contributed by atoms with Gasteiger partial charge in [-0.15, -0.1) is 0 Å². The Labute approximate surface area is 123 Å². The number of nitrogens with zero attached hydrogens (tertiary/aromatic N) is 3. The highest BCUT2D eigenvalue weighted by molar-refractivity contribution is 5.78. The van der Waals surface area contributed by atoms with E-state index in [0.717, 1.165) is 25.9 Å². The molecule has 1 aliphatic rings. The summed E-state index contributed by atoms with van der Waals surface area (Å²) >= 11 is 0. The molecule has 0 radical (unpaired) electrons. The lowest BCUT2D eigenvalue weighted by Gasteiger charge is -2.36. The van der Waals surface area contributed by atoms with Gasteiger partial charge in [0.2, 0.25) is 5.91 Å². The van der Waals surface area contributed by atoms with Gasteiger partial charge in [-0.25, -0.2) is 0 Å². The van der Waals surface area contributed by atoms with Gasteiger partial charge in [-0.05, 0) is 31.6 Å². The highest BCUT2D eigenvalue weighted by atomic mass is 16.2. The third-order valence-corrected chi connectivity index (χ3v) is 3.72. The first kappa shape index (κ1) is 17.0. The number of hydrogen-bond donors (Lipinski definition) is 0. The van der Waals surface area contributed by atoms with E-state index in [1.807, 2.05) is 4.90 Å². The zero-order valence-electron chi connectivity index (χ0n) is 13.5. The molecular weight excluding hydrogens is 250 g/mol. The van der Waals surface area contributed by atoms with Crippen LogP contribution in [0, 0.1) is 16.7 Å². The highest BCUT2D eigenvalue weighted by Gasteiger charge is 2.26. The molecule has 20 heavy (non-hydrogen) atoms. The van der Waals surface area contributed by atoms with Crippen molar-refractivity contribution in [3.8, 4) is 6.07 Å². The lowest BCUT2D eigenvalue weighted by Crippen LogP contribution is -2.48. The monoisotopic (exact) mass is 279 g/mol. The fourth-order valence-electron chi connectivity index (χ4n) is 2.84. The van der Waals surface area contributed by atoms with Crippen molar-refractivity contribution < 1.29 is 4.79 Å². The SMILES string of the molecule is CC1CCCCN1C(=O)CN(CCC#N)CC(C)(C)C. The maximum Gasteiger partial charge on any atom is 0.236 e. The third-order valence-electron chi connectivity index (χ3n) is 3.72. The topological polar surface area (TPSA) is 47.3 Å². The second-order valence-electron chi connectivity index (χ2n) is 7.11. The molecule has 1 fully saturated rings. The van der Waals surface area contributed by atoms with Crippen LogP contribution in [0.4, 0.5) is 0 Å². The summed E-state index contributed by atoms with van der Waals surface area (Å²) < 4.78 is 0. The third kappa shape index (κ3) is 5.92. The minimum absolute atomic E-state index is 0.142. The number of carbonyl (C=O) groups is 1. The molecule has 0 bridgehead atoms. The number of piperidine rings is 1. The van der Waals surface area contributed by atoms with Crippen molar-refractivity contribution in [1.82, 2.24) is 9.80 Å². The lowest BCUT2D eigenvalue weighted by atomic mass is 9.96. The first-order valence-corrected chi connectivity index (χ1v) is 7.72. The summed E-state index contributed by atoms with van der Waals surface area (Å²) in [6.07, 6.45) is 3.95. The van der Waals surface area contributed by atoms with Crippen molar-refractivity contribution in [2.24, 2.45) is 5.41 Å². The Morgan fingerprint density at radius 3 is 2.65 bits per heavy atom. The Hall–Kier alpha value is -1.08. The van der Waals surface area contributed by atoms with Crippen LogP contribution in [0.3, 0.4) is 0 Å². The number of carbonyl (C=O) groups excluding carboxylic acids is 1. The van der Waals surface area contributed by atoms with Crippen LogP contribution >= 0.6 is 0 Å².